The summed E-state index contributed by atoms with van der Waals surface area (Å²) in [5.74, 6) is 0.961. The van der Waals surface area contributed by atoms with Crippen LogP contribution in [0.4, 0.5) is 0 Å². The second kappa shape index (κ2) is 3.86. The van der Waals surface area contributed by atoms with E-state index in [1.54, 1.807) is 13.2 Å². The van der Waals surface area contributed by atoms with Crippen LogP contribution in [0.3, 0.4) is 0 Å². The van der Waals surface area contributed by atoms with Gasteiger partial charge in [-0.3, -0.25) is 10.9 Å². The Hall–Kier alpha value is -1.26. The van der Waals surface area contributed by atoms with Gasteiger partial charge in [0.15, 0.2) is 0 Å². The molecule has 0 bridgehead atoms. The van der Waals surface area contributed by atoms with Gasteiger partial charge in [-0.25, -0.2) is 0 Å². The van der Waals surface area contributed by atoms with Crippen LogP contribution in [-0.4, -0.2) is 18.8 Å². The summed E-state index contributed by atoms with van der Waals surface area (Å²) in [5.41, 5.74) is 7.05. The first-order valence-electron chi connectivity index (χ1n) is 4.66. The molecule has 1 saturated heterocycles. The summed E-state index contributed by atoms with van der Waals surface area (Å²) in [6, 6.07) is 5.57. The molecule has 0 aromatic heterocycles. The van der Waals surface area contributed by atoms with Crippen LogP contribution >= 0.6 is 0 Å². The van der Waals surface area contributed by atoms with E-state index in [0.717, 1.165) is 18.5 Å². The molecule has 1 aromatic rings. The van der Waals surface area contributed by atoms with Crippen molar-refractivity contribution < 1.29 is 9.84 Å². The van der Waals surface area contributed by atoms with Gasteiger partial charge in [-0.15, -0.1) is 0 Å². The monoisotopic (exact) mass is 194 g/mol. The van der Waals surface area contributed by atoms with Gasteiger partial charge < -0.3 is 9.84 Å². The number of ether oxygens (including phenoxy) is 1. The lowest BCUT2D eigenvalue weighted by atomic mass is 10.0. The predicted molar refractivity (Wildman–Crippen MR) is 53.2 cm³/mol. The molecule has 1 atom stereocenters. The largest absolute Gasteiger partial charge is 0.507 e. The van der Waals surface area contributed by atoms with Crippen LogP contribution in [0.15, 0.2) is 18.2 Å². The highest BCUT2D eigenvalue weighted by atomic mass is 16.5. The van der Waals surface area contributed by atoms with Crippen LogP contribution in [0.5, 0.6) is 11.5 Å². The highest BCUT2D eigenvalue weighted by Crippen LogP contribution is 2.30. The number of phenols is 1. The standard InChI is InChI=1S/C10H14N2O2/c1-14-7-2-3-8(10(13)6-7)9-4-5-11-12-9/h2-3,6,9,11-13H,4-5H2,1H3. The van der Waals surface area contributed by atoms with Crippen LogP contribution in [0.25, 0.3) is 0 Å². The van der Waals surface area contributed by atoms with Crippen molar-refractivity contribution in [3.8, 4) is 11.5 Å². The molecule has 1 aliphatic rings. The zero-order valence-corrected chi connectivity index (χ0v) is 8.08. The summed E-state index contributed by atoms with van der Waals surface area (Å²) >= 11 is 0. The summed E-state index contributed by atoms with van der Waals surface area (Å²) in [7, 11) is 1.59. The molecule has 3 N–H and O–H groups in total. The number of phenolic OH excluding ortho intramolecular Hbond substituents is 1. The van der Waals surface area contributed by atoms with Crippen LogP contribution < -0.4 is 15.6 Å². The fraction of sp³-hybridized carbons (Fsp3) is 0.400. The van der Waals surface area contributed by atoms with Crippen molar-refractivity contribution in [1.29, 1.82) is 0 Å². The molecule has 0 aliphatic carbocycles. The van der Waals surface area contributed by atoms with E-state index in [4.69, 9.17) is 4.74 Å². The normalized spacial score (nSPS) is 21.1. The van der Waals surface area contributed by atoms with Crippen LogP contribution in [0.1, 0.15) is 18.0 Å². The van der Waals surface area contributed by atoms with Crippen molar-refractivity contribution in [2.24, 2.45) is 0 Å². The SMILES string of the molecule is COc1ccc(C2CCNN2)c(O)c1. The fourth-order valence-corrected chi connectivity index (χ4v) is 1.66. The van der Waals surface area contributed by atoms with E-state index in [0.29, 0.717) is 5.75 Å². The number of aromatic hydroxyl groups is 1. The van der Waals surface area contributed by atoms with Crippen molar-refractivity contribution in [2.45, 2.75) is 12.5 Å². The van der Waals surface area contributed by atoms with Gasteiger partial charge in [0, 0.05) is 18.2 Å². The topological polar surface area (TPSA) is 53.5 Å². The van der Waals surface area contributed by atoms with Gasteiger partial charge in [0.05, 0.1) is 13.2 Å². The number of hydrazine groups is 1. The molecule has 1 aromatic carbocycles. The van der Waals surface area contributed by atoms with Crippen LogP contribution in [-0.2, 0) is 0 Å². The third kappa shape index (κ3) is 1.66. The molecule has 14 heavy (non-hydrogen) atoms. The van der Waals surface area contributed by atoms with E-state index in [1.165, 1.54) is 0 Å². The Morgan fingerprint density at radius 1 is 1.50 bits per heavy atom. The molecule has 1 unspecified atom stereocenters. The summed E-state index contributed by atoms with van der Waals surface area (Å²) in [6.07, 6.45) is 0.986. The van der Waals surface area contributed by atoms with Gasteiger partial charge in [0.25, 0.3) is 0 Å². The molecule has 1 heterocycles. The second-order valence-corrected chi connectivity index (χ2v) is 3.34. The summed E-state index contributed by atoms with van der Waals surface area (Å²) in [5, 5.41) is 9.74. The number of benzene rings is 1. The smallest absolute Gasteiger partial charge is 0.124 e. The van der Waals surface area contributed by atoms with Gasteiger partial charge in [0.1, 0.15) is 11.5 Å². The molecular weight excluding hydrogens is 180 g/mol. The lowest BCUT2D eigenvalue weighted by Crippen LogP contribution is -2.24. The summed E-state index contributed by atoms with van der Waals surface area (Å²) < 4.78 is 5.02. The van der Waals surface area contributed by atoms with Gasteiger partial charge in [0.2, 0.25) is 0 Å². The molecule has 1 aliphatic heterocycles. The highest BCUT2D eigenvalue weighted by molar-refractivity contribution is 5.41. The predicted octanol–water partition coefficient (Wildman–Crippen LogP) is 0.940. The molecule has 4 heteroatoms. The van der Waals surface area contributed by atoms with E-state index in [2.05, 4.69) is 10.9 Å². The Morgan fingerprint density at radius 2 is 2.36 bits per heavy atom. The van der Waals surface area contributed by atoms with E-state index in [-0.39, 0.29) is 11.8 Å². The third-order valence-electron chi connectivity index (χ3n) is 2.45. The molecule has 0 saturated carbocycles. The maximum Gasteiger partial charge on any atom is 0.124 e. The fourth-order valence-electron chi connectivity index (χ4n) is 1.66. The van der Waals surface area contributed by atoms with Gasteiger partial charge >= 0.3 is 0 Å². The molecule has 0 amide bonds. The number of hydrogen-bond donors (Lipinski definition) is 3. The van der Waals surface area contributed by atoms with Crippen LogP contribution in [0.2, 0.25) is 0 Å². The first-order valence-corrected chi connectivity index (χ1v) is 4.66. The van der Waals surface area contributed by atoms with Gasteiger partial charge in [-0.05, 0) is 12.5 Å². The highest BCUT2D eigenvalue weighted by Gasteiger charge is 2.19. The van der Waals surface area contributed by atoms with Gasteiger partial charge in [-0.1, -0.05) is 6.07 Å². The minimum absolute atomic E-state index is 0.195. The quantitative estimate of drug-likeness (QED) is 0.656. The minimum Gasteiger partial charge on any atom is -0.507 e. The van der Waals surface area contributed by atoms with Crippen LogP contribution in [0, 0.1) is 0 Å². The van der Waals surface area contributed by atoms with Crippen molar-refractivity contribution in [3.63, 3.8) is 0 Å². The Kier molecular flexibility index (Phi) is 2.56. The second-order valence-electron chi connectivity index (χ2n) is 3.34. The lowest BCUT2D eigenvalue weighted by molar-refractivity contribution is 0.404. The maximum absolute atomic E-state index is 9.74. The molecule has 2 rings (SSSR count). The minimum atomic E-state index is 0.195. The Labute approximate surface area is 82.9 Å². The zero-order chi connectivity index (χ0) is 9.97. The Balaban J connectivity index is 2.25. The number of hydrogen-bond acceptors (Lipinski definition) is 4. The van der Waals surface area contributed by atoms with E-state index < -0.39 is 0 Å². The molecule has 76 valence electrons. The maximum atomic E-state index is 9.74. The molecular formula is C10H14N2O2. The average Bonchev–Trinajstić information content (AvgIpc) is 2.70. The summed E-state index contributed by atoms with van der Waals surface area (Å²) in [6.45, 7) is 0.927. The molecule has 0 spiro atoms. The summed E-state index contributed by atoms with van der Waals surface area (Å²) in [4.78, 5) is 0. The Morgan fingerprint density at radius 3 is 2.93 bits per heavy atom. The number of methoxy groups -OCH3 is 1. The number of nitrogens with one attached hydrogen (secondary N) is 2. The average molecular weight is 194 g/mol. The van der Waals surface area contributed by atoms with Crippen molar-refractivity contribution in [1.82, 2.24) is 10.9 Å². The van der Waals surface area contributed by atoms with E-state index in [9.17, 15) is 5.11 Å². The molecule has 1 fully saturated rings. The van der Waals surface area contributed by atoms with Crippen molar-refractivity contribution in [2.75, 3.05) is 13.7 Å². The van der Waals surface area contributed by atoms with E-state index in [1.807, 2.05) is 12.1 Å². The first-order chi connectivity index (χ1) is 6.81. The Bertz CT molecular complexity index is 322. The number of rotatable bonds is 2. The van der Waals surface area contributed by atoms with E-state index >= 15 is 0 Å². The lowest BCUT2D eigenvalue weighted by Gasteiger charge is -2.12. The van der Waals surface area contributed by atoms with Crippen molar-refractivity contribution in [3.05, 3.63) is 23.8 Å². The van der Waals surface area contributed by atoms with Gasteiger partial charge in [-0.2, -0.15) is 0 Å². The zero-order valence-electron chi connectivity index (χ0n) is 8.08. The third-order valence-corrected chi connectivity index (χ3v) is 2.45. The first kappa shape index (κ1) is 9.30. The molecule has 0 radical (unpaired) electrons. The molecule has 4 nitrogen and oxygen atoms in total. The van der Waals surface area contributed by atoms with Crippen molar-refractivity contribution >= 4 is 0 Å².